The molecule has 1 N–H and O–H groups in total. The predicted molar refractivity (Wildman–Crippen MR) is 73.3 cm³/mol. The summed E-state index contributed by atoms with van der Waals surface area (Å²) in [5.41, 5.74) is 0.216. The van der Waals surface area contributed by atoms with Gasteiger partial charge in [0, 0.05) is 24.4 Å². The number of benzene rings is 1. The van der Waals surface area contributed by atoms with Crippen LogP contribution in [-0.2, 0) is 6.54 Å². The first-order valence-electron chi connectivity index (χ1n) is 5.93. The molecule has 21 heavy (non-hydrogen) atoms. The third-order valence-electron chi connectivity index (χ3n) is 2.74. The molecule has 0 radical (unpaired) electrons. The van der Waals surface area contributed by atoms with Crippen molar-refractivity contribution in [2.24, 2.45) is 0 Å². The summed E-state index contributed by atoms with van der Waals surface area (Å²) >= 11 is 5.93. The summed E-state index contributed by atoms with van der Waals surface area (Å²) in [4.78, 5) is 16.0. The van der Waals surface area contributed by atoms with E-state index in [1.165, 1.54) is 25.4 Å². The minimum absolute atomic E-state index is 0.0594. The lowest BCUT2D eigenvalue weighted by atomic mass is 10.2. The molecule has 1 heterocycles. The molecule has 1 aromatic carbocycles. The highest BCUT2D eigenvalue weighted by molar-refractivity contribution is 6.34. The lowest BCUT2D eigenvalue weighted by Crippen LogP contribution is -2.24. The highest BCUT2D eigenvalue weighted by atomic mass is 35.5. The lowest BCUT2D eigenvalue weighted by molar-refractivity contribution is 0.0947. The molecule has 0 spiro atoms. The number of aromatic nitrogens is 1. The monoisotopic (exact) mass is 312 g/mol. The van der Waals surface area contributed by atoms with Gasteiger partial charge < -0.3 is 10.1 Å². The summed E-state index contributed by atoms with van der Waals surface area (Å²) in [6, 6.07) is 4.56. The highest BCUT2D eigenvalue weighted by Gasteiger charge is 2.17. The Morgan fingerprint density at radius 2 is 2.14 bits per heavy atom. The van der Waals surface area contributed by atoms with Gasteiger partial charge in [-0.15, -0.1) is 0 Å². The van der Waals surface area contributed by atoms with Gasteiger partial charge in [0.25, 0.3) is 5.91 Å². The zero-order chi connectivity index (χ0) is 15.4. The first-order valence-corrected chi connectivity index (χ1v) is 6.31. The fourth-order valence-corrected chi connectivity index (χ4v) is 1.93. The third-order valence-corrected chi connectivity index (χ3v) is 3.06. The maximum Gasteiger partial charge on any atom is 0.258 e. The van der Waals surface area contributed by atoms with E-state index in [-0.39, 0.29) is 28.6 Å². The second-order valence-electron chi connectivity index (χ2n) is 4.10. The SMILES string of the molecule is COc1nccc(Cl)c1C(=O)NCc1ccc(F)cc1F. The number of hydrogen-bond donors (Lipinski definition) is 1. The van der Waals surface area contributed by atoms with Crippen molar-refractivity contribution in [3.8, 4) is 5.88 Å². The molecule has 0 aliphatic carbocycles. The molecular weight excluding hydrogens is 302 g/mol. The fourth-order valence-electron chi connectivity index (χ4n) is 1.71. The number of halogens is 3. The Balaban J connectivity index is 2.16. The normalized spacial score (nSPS) is 10.3. The highest BCUT2D eigenvalue weighted by Crippen LogP contribution is 2.23. The van der Waals surface area contributed by atoms with Crippen molar-refractivity contribution in [2.45, 2.75) is 6.54 Å². The second-order valence-corrected chi connectivity index (χ2v) is 4.50. The Morgan fingerprint density at radius 1 is 1.38 bits per heavy atom. The Morgan fingerprint density at radius 3 is 2.81 bits per heavy atom. The summed E-state index contributed by atoms with van der Waals surface area (Å²) < 4.78 is 31.2. The summed E-state index contributed by atoms with van der Waals surface area (Å²) in [6.07, 6.45) is 1.40. The quantitative estimate of drug-likeness (QED) is 0.944. The summed E-state index contributed by atoms with van der Waals surface area (Å²) in [7, 11) is 1.36. The average Bonchev–Trinajstić information content (AvgIpc) is 2.45. The predicted octanol–water partition coefficient (Wildman–Crippen LogP) is 2.95. The number of methoxy groups -OCH3 is 1. The lowest BCUT2D eigenvalue weighted by Gasteiger charge is -2.10. The number of rotatable bonds is 4. The number of carbonyl (C=O) groups is 1. The van der Waals surface area contributed by atoms with Crippen LogP contribution >= 0.6 is 11.6 Å². The molecule has 1 amide bonds. The Bertz CT molecular complexity index is 680. The van der Waals surface area contributed by atoms with E-state index in [1.807, 2.05) is 0 Å². The largest absolute Gasteiger partial charge is 0.480 e. The molecule has 0 bridgehead atoms. The summed E-state index contributed by atoms with van der Waals surface area (Å²) in [6.45, 7) is -0.112. The van der Waals surface area contributed by atoms with Gasteiger partial charge in [-0.05, 0) is 12.1 Å². The van der Waals surface area contributed by atoms with Gasteiger partial charge in [-0.2, -0.15) is 0 Å². The van der Waals surface area contributed by atoms with E-state index in [4.69, 9.17) is 16.3 Å². The first kappa shape index (κ1) is 15.2. The molecule has 0 unspecified atom stereocenters. The van der Waals surface area contributed by atoms with E-state index in [9.17, 15) is 13.6 Å². The maximum atomic E-state index is 13.5. The van der Waals surface area contributed by atoms with Gasteiger partial charge in [0.2, 0.25) is 5.88 Å². The molecule has 4 nitrogen and oxygen atoms in total. The van der Waals surface area contributed by atoms with Gasteiger partial charge in [0.05, 0.1) is 12.1 Å². The smallest absolute Gasteiger partial charge is 0.258 e. The molecule has 2 aromatic rings. The number of nitrogens with zero attached hydrogens (tertiary/aromatic N) is 1. The zero-order valence-corrected chi connectivity index (χ0v) is 11.7. The van der Waals surface area contributed by atoms with Gasteiger partial charge in [-0.3, -0.25) is 4.79 Å². The van der Waals surface area contributed by atoms with Crippen molar-refractivity contribution < 1.29 is 18.3 Å². The molecule has 0 saturated heterocycles. The Labute approximate surface area is 124 Å². The number of hydrogen-bond acceptors (Lipinski definition) is 3. The van der Waals surface area contributed by atoms with Crippen LogP contribution in [0, 0.1) is 11.6 Å². The molecule has 0 saturated carbocycles. The van der Waals surface area contributed by atoms with Crippen LogP contribution in [0.25, 0.3) is 0 Å². The van der Waals surface area contributed by atoms with Crippen molar-refractivity contribution >= 4 is 17.5 Å². The van der Waals surface area contributed by atoms with Crippen molar-refractivity contribution in [1.29, 1.82) is 0 Å². The number of pyridine rings is 1. The van der Waals surface area contributed by atoms with Gasteiger partial charge >= 0.3 is 0 Å². The molecule has 110 valence electrons. The average molecular weight is 313 g/mol. The van der Waals surface area contributed by atoms with E-state index >= 15 is 0 Å². The summed E-state index contributed by atoms with van der Waals surface area (Å²) in [5.74, 6) is -1.91. The van der Waals surface area contributed by atoms with Crippen molar-refractivity contribution in [1.82, 2.24) is 10.3 Å². The van der Waals surface area contributed by atoms with E-state index in [0.29, 0.717) is 0 Å². The molecule has 0 aliphatic heterocycles. The van der Waals surface area contributed by atoms with Crippen LogP contribution in [0.4, 0.5) is 8.78 Å². The molecule has 0 aliphatic rings. The minimum Gasteiger partial charge on any atom is -0.480 e. The van der Waals surface area contributed by atoms with Crippen molar-refractivity contribution in [3.63, 3.8) is 0 Å². The molecular formula is C14H11ClF2N2O2. The van der Waals surface area contributed by atoms with Crippen LogP contribution in [0.15, 0.2) is 30.5 Å². The second kappa shape index (κ2) is 6.49. The Kier molecular flexibility index (Phi) is 4.70. The fraction of sp³-hybridized carbons (Fsp3) is 0.143. The van der Waals surface area contributed by atoms with Gasteiger partial charge in [-0.25, -0.2) is 13.8 Å². The molecule has 2 rings (SSSR count). The standard InChI is InChI=1S/C14H11ClF2N2O2/c1-21-14-12(10(15)4-5-18-14)13(20)19-7-8-2-3-9(16)6-11(8)17/h2-6H,7H2,1H3,(H,19,20). The minimum atomic E-state index is -0.737. The Hall–Kier alpha value is -2.21. The van der Waals surface area contributed by atoms with Crippen LogP contribution in [0.5, 0.6) is 5.88 Å². The van der Waals surface area contributed by atoms with Gasteiger partial charge in [0.15, 0.2) is 0 Å². The topological polar surface area (TPSA) is 51.2 Å². The van der Waals surface area contributed by atoms with Crippen LogP contribution in [0.3, 0.4) is 0 Å². The molecule has 7 heteroatoms. The van der Waals surface area contributed by atoms with Crippen molar-refractivity contribution in [2.75, 3.05) is 7.11 Å². The molecule has 0 atom stereocenters. The van der Waals surface area contributed by atoms with E-state index in [2.05, 4.69) is 10.3 Å². The first-order chi connectivity index (χ1) is 10.0. The van der Waals surface area contributed by atoms with Crippen LogP contribution < -0.4 is 10.1 Å². The number of carbonyl (C=O) groups excluding carboxylic acids is 1. The van der Waals surface area contributed by atoms with E-state index < -0.39 is 17.5 Å². The molecule has 1 aromatic heterocycles. The van der Waals surface area contributed by atoms with E-state index in [0.717, 1.165) is 12.1 Å². The number of ether oxygens (including phenoxy) is 1. The molecule has 0 fully saturated rings. The van der Waals surface area contributed by atoms with Crippen LogP contribution in [-0.4, -0.2) is 18.0 Å². The van der Waals surface area contributed by atoms with Crippen LogP contribution in [0.2, 0.25) is 5.02 Å². The van der Waals surface area contributed by atoms with Crippen molar-refractivity contribution in [3.05, 3.63) is 58.2 Å². The van der Waals surface area contributed by atoms with Gasteiger partial charge in [0.1, 0.15) is 17.2 Å². The van der Waals surface area contributed by atoms with E-state index in [1.54, 1.807) is 0 Å². The third kappa shape index (κ3) is 3.46. The number of amides is 1. The van der Waals surface area contributed by atoms with Crippen LogP contribution in [0.1, 0.15) is 15.9 Å². The maximum absolute atomic E-state index is 13.5. The number of nitrogens with one attached hydrogen (secondary N) is 1. The van der Waals surface area contributed by atoms with Gasteiger partial charge in [-0.1, -0.05) is 17.7 Å². The zero-order valence-electron chi connectivity index (χ0n) is 11.0. The summed E-state index contributed by atoms with van der Waals surface area (Å²) in [5, 5.41) is 2.65.